The molecule has 1 heterocycles. The maximum atomic E-state index is 12.3. The molecule has 3 nitrogen and oxygen atoms in total. The van der Waals surface area contributed by atoms with Crippen LogP contribution in [0.3, 0.4) is 0 Å². The summed E-state index contributed by atoms with van der Waals surface area (Å²) in [5.74, 6) is 0.779. The molecular formula is C14H18F3NO2. The topological polar surface area (TPSA) is 32.7 Å². The minimum Gasteiger partial charge on any atom is -0.490 e. The smallest absolute Gasteiger partial charge is 0.415 e. The van der Waals surface area contributed by atoms with Crippen molar-refractivity contribution < 1.29 is 23.0 Å². The van der Waals surface area contributed by atoms with Crippen LogP contribution in [0.4, 0.5) is 13.2 Å². The van der Waals surface area contributed by atoms with E-state index in [1.807, 2.05) is 30.3 Å². The highest BCUT2D eigenvalue weighted by Gasteiger charge is 2.39. The first-order valence-corrected chi connectivity index (χ1v) is 6.64. The number of ether oxygens (including phenoxy) is 1. The summed E-state index contributed by atoms with van der Waals surface area (Å²) in [5.41, 5.74) is 0. The minimum absolute atomic E-state index is 0.0247. The van der Waals surface area contributed by atoms with E-state index in [0.717, 1.165) is 5.75 Å². The number of likely N-dealkylation sites (tertiary alicyclic amines) is 1. The second-order valence-electron chi connectivity index (χ2n) is 4.99. The van der Waals surface area contributed by atoms with Crippen LogP contribution in [0.15, 0.2) is 30.3 Å². The molecule has 1 fully saturated rings. The van der Waals surface area contributed by atoms with Crippen LogP contribution in [0.5, 0.6) is 5.75 Å². The summed E-state index contributed by atoms with van der Waals surface area (Å²) in [6.07, 6.45) is -5.46. The molecule has 112 valence electrons. The first-order valence-electron chi connectivity index (χ1n) is 6.64. The summed E-state index contributed by atoms with van der Waals surface area (Å²) in [6.45, 7) is 0.650. The van der Waals surface area contributed by atoms with Crippen LogP contribution < -0.4 is 4.74 Å². The van der Waals surface area contributed by atoms with E-state index in [4.69, 9.17) is 9.84 Å². The lowest BCUT2D eigenvalue weighted by atomic mass is 10.1. The van der Waals surface area contributed by atoms with Gasteiger partial charge >= 0.3 is 6.18 Å². The van der Waals surface area contributed by atoms with Crippen molar-refractivity contribution in [3.05, 3.63) is 30.3 Å². The fourth-order valence-corrected chi connectivity index (χ4v) is 2.25. The molecule has 1 aliphatic heterocycles. The normalized spacial score (nSPS) is 19.8. The number of para-hydroxylation sites is 1. The van der Waals surface area contributed by atoms with Crippen molar-refractivity contribution in [1.29, 1.82) is 0 Å². The predicted octanol–water partition coefficient (Wildman–Crippen LogP) is 2.45. The Labute approximate surface area is 116 Å². The fraction of sp³-hybridized carbons (Fsp3) is 0.571. The highest BCUT2D eigenvalue weighted by Crippen LogP contribution is 2.23. The third-order valence-electron chi connectivity index (χ3n) is 3.39. The average molecular weight is 289 g/mol. The van der Waals surface area contributed by atoms with Gasteiger partial charge in [0.15, 0.2) is 6.10 Å². The molecule has 0 radical (unpaired) electrons. The van der Waals surface area contributed by atoms with E-state index in [-0.39, 0.29) is 12.6 Å². The van der Waals surface area contributed by atoms with Gasteiger partial charge in [-0.25, -0.2) is 0 Å². The third kappa shape index (κ3) is 4.38. The molecule has 2 rings (SSSR count). The molecule has 1 saturated heterocycles. The molecule has 20 heavy (non-hydrogen) atoms. The lowest BCUT2D eigenvalue weighted by molar-refractivity contribution is -0.208. The van der Waals surface area contributed by atoms with Gasteiger partial charge in [0.25, 0.3) is 0 Å². The van der Waals surface area contributed by atoms with Crippen LogP contribution >= 0.6 is 0 Å². The molecule has 0 spiro atoms. The summed E-state index contributed by atoms with van der Waals surface area (Å²) in [7, 11) is 0. The standard InChI is InChI=1S/C14H18F3NO2/c15-14(16,17)13(19)10-18-8-6-12(7-9-18)20-11-4-2-1-3-5-11/h1-5,12-13,19H,6-10H2/t13-/m0/s1. The Balaban J connectivity index is 1.75. The lowest BCUT2D eigenvalue weighted by Crippen LogP contribution is -2.45. The number of nitrogens with zero attached hydrogens (tertiary/aromatic N) is 1. The maximum Gasteiger partial charge on any atom is 0.415 e. The van der Waals surface area contributed by atoms with E-state index in [1.165, 1.54) is 0 Å². The molecular weight excluding hydrogens is 271 g/mol. The van der Waals surface area contributed by atoms with Crippen LogP contribution in [-0.2, 0) is 0 Å². The molecule has 6 heteroatoms. The quantitative estimate of drug-likeness (QED) is 0.924. The Bertz CT molecular complexity index is 403. The molecule has 1 aliphatic rings. The monoisotopic (exact) mass is 289 g/mol. The zero-order valence-corrected chi connectivity index (χ0v) is 11.0. The van der Waals surface area contributed by atoms with Crippen LogP contribution in [0, 0.1) is 0 Å². The molecule has 0 aliphatic carbocycles. The van der Waals surface area contributed by atoms with Gasteiger partial charge in [-0.05, 0) is 25.0 Å². The Kier molecular flexibility index (Phi) is 4.88. The largest absolute Gasteiger partial charge is 0.490 e. The van der Waals surface area contributed by atoms with Crippen molar-refractivity contribution in [3.8, 4) is 5.75 Å². The zero-order chi connectivity index (χ0) is 14.6. The predicted molar refractivity (Wildman–Crippen MR) is 68.6 cm³/mol. The van der Waals surface area contributed by atoms with Gasteiger partial charge in [0.1, 0.15) is 11.9 Å². The average Bonchev–Trinajstić information content (AvgIpc) is 2.41. The fourth-order valence-electron chi connectivity index (χ4n) is 2.25. The molecule has 0 bridgehead atoms. The van der Waals surface area contributed by atoms with E-state index in [1.54, 1.807) is 4.90 Å². The van der Waals surface area contributed by atoms with Crippen LogP contribution in [-0.4, -0.2) is 48.0 Å². The van der Waals surface area contributed by atoms with E-state index in [0.29, 0.717) is 25.9 Å². The van der Waals surface area contributed by atoms with Gasteiger partial charge < -0.3 is 14.7 Å². The summed E-state index contributed by atoms with van der Waals surface area (Å²) in [5, 5.41) is 9.04. The summed E-state index contributed by atoms with van der Waals surface area (Å²) in [6, 6.07) is 9.38. The highest BCUT2D eigenvalue weighted by molar-refractivity contribution is 5.21. The maximum absolute atomic E-state index is 12.3. The Morgan fingerprint density at radius 3 is 2.35 bits per heavy atom. The summed E-state index contributed by atoms with van der Waals surface area (Å²) < 4.78 is 42.6. The number of hydrogen-bond donors (Lipinski definition) is 1. The van der Waals surface area contributed by atoms with Crippen LogP contribution in [0.2, 0.25) is 0 Å². The number of halogens is 3. The van der Waals surface area contributed by atoms with Crippen molar-refractivity contribution in [3.63, 3.8) is 0 Å². The van der Waals surface area contributed by atoms with Gasteiger partial charge in [-0.3, -0.25) is 0 Å². The highest BCUT2D eigenvalue weighted by atomic mass is 19.4. The van der Waals surface area contributed by atoms with Gasteiger partial charge in [-0.1, -0.05) is 18.2 Å². The number of hydrogen-bond acceptors (Lipinski definition) is 3. The Morgan fingerprint density at radius 2 is 1.80 bits per heavy atom. The van der Waals surface area contributed by atoms with Gasteiger partial charge in [0.2, 0.25) is 0 Å². The number of alkyl halides is 3. The molecule has 1 atom stereocenters. The molecule has 1 N–H and O–H groups in total. The van der Waals surface area contributed by atoms with E-state index in [9.17, 15) is 13.2 Å². The number of aliphatic hydroxyl groups excluding tert-OH is 1. The summed E-state index contributed by atoms with van der Waals surface area (Å²) >= 11 is 0. The van der Waals surface area contributed by atoms with Crippen molar-refractivity contribution in [2.45, 2.75) is 31.2 Å². The number of benzene rings is 1. The molecule has 1 aromatic carbocycles. The van der Waals surface area contributed by atoms with Gasteiger partial charge in [-0.2, -0.15) is 13.2 Å². The van der Waals surface area contributed by atoms with Crippen molar-refractivity contribution in [1.82, 2.24) is 4.90 Å². The first-order chi connectivity index (χ1) is 9.45. The summed E-state index contributed by atoms with van der Waals surface area (Å²) in [4.78, 5) is 1.63. The SMILES string of the molecule is O[C@@H](CN1CCC(Oc2ccccc2)CC1)C(F)(F)F. The number of rotatable bonds is 4. The van der Waals surface area contributed by atoms with E-state index < -0.39 is 12.3 Å². The molecule has 1 aromatic rings. The van der Waals surface area contributed by atoms with Gasteiger partial charge in [-0.15, -0.1) is 0 Å². The number of β-amino-alcohol motifs (C(OH)–C–C–N with tert-alkyl or cyclic N) is 1. The van der Waals surface area contributed by atoms with Gasteiger partial charge in [0, 0.05) is 19.6 Å². The molecule has 0 amide bonds. The van der Waals surface area contributed by atoms with Crippen molar-refractivity contribution >= 4 is 0 Å². The first kappa shape index (κ1) is 15.1. The molecule has 0 unspecified atom stereocenters. The third-order valence-corrected chi connectivity index (χ3v) is 3.39. The zero-order valence-electron chi connectivity index (χ0n) is 11.0. The number of piperidine rings is 1. The van der Waals surface area contributed by atoms with Crippen molar-refractivity contribution in [2.75, 3.05) is 19.6 Å². The molecule has 0 saturated carbocycles. The van der Waals surface area contributed by atoms with Gasteiger partial charge in [0.05, 0.1) is 0 Å². The van der Waals surface area contributed by atoms with Crippen molar-refractivity contribution in [2.24, 2.45) is 0 Å². The minimum atomic E-state index is -4.54. The van der Waals surface area contributed by atoms with Crippen LogP contribution in [0.25, 0.3) is 0 Å². The van der Waals surface area contributed by atoms with E-state index >= 15 is 0 Å². The second-order valence-corrected chi connectivity index (χ2v) is 4.99. The molecule has 0 aromatic heterocycles. The Hall–Kier alpha value is -1.27. The lowest BCUT2D eigenvalue weighted by Gasteiger charge is -2.33. The number of aliphatic hydroxyl groups is 1. The van der Waals surface area contributed by atoms with Crippen LogP contribution in [0.1, 0.15) is 12.8 Å². The second kappa shape index (κ2) is 6.45. The van der Waals surface area contributed by atoms with E-state index in [2.05, 4.69) is 0 Å². The Morgan fingerprint density at radius 1 is 1.20 bits per heavy atom.